The molecule has 25 heavy (non-hydrogen) atoms. The Morgan fingerprint density at radius 3 is 2.32 bits per heavy atom. The molecule has 4 heteroatoms. The average Bonchev–Trinajstić information content (AvgIpc) is 2.61. The molecule has 3 N–H and O–H groups in total. The van der Waals surface area contributed by atoms with E-state index in [0.717, 1.165) is 25.7 Å². The second-order valence-electron chi connectivity index (χ2n) is 6.43. The van der Waals surface area contributed by atoms with Crippen LogP contribution in [-0.2, 0) is 4.74 Å². The summed E-state index contributed by atoms with van der Waals surface area (Å²) in [6, 6.07) is 4.40. The predicted octanol–water partition coefficient (Wildman–Crippen LogP) is 5.61. The zero-order valence-electron chi connectivity index (χ0n) is 15.5. The van der Waals surface area contributed by atoms with Gasteiger partial charge in [-0.15, -0.1) is 0 Å². The number of aromatic hydroxyl groups is 1. The summed E-state index contributed by atoms with van der Waals surface area (Å²) in [6.45, 7) is 2.65. The number of hydrogen-bond donors (Lipinski definition) is 2. The molecule has 1 aromatic rings. The predicted molar refractivity (Wildman–Crippen MR) is 104 cm³/mol. The molecule has 0 radical (unpaired) electrons. The minimum absolute atomic E-state index is 0.0899. The number of allylic oxidation sites excluding steroid dienone is 2. The first-order valence-corrected chi connectivity index (χ1v) is 9.55. The van der Waals surface area contributed by atoms with Crippen molar-refractivity contribution in [3.8, 4) is 5.75 Å². The highest BCUT2D eigenvalue weighted by Crippen LogP contribution is 2.21. The summed E-state index contributed by atoms with van der Waals surface area (Å²) in [5.74, 6) is -0.505. The van der Waals surface area contributed by atoms with Crippen molar-refractivity contribution in [3.63, 3.8) is 0 Å². The number of unbranched alkanes of at least 4 members (excludes halogenated alkanes) is 8. The van der Waals surface area contributed by atoms with Crippen LogP contribution >= 0.6 is 0 Å². The van der Waals surface area contributed by atoms with Crippen molar-refractivity contribution in [2.24, 2.45) is 0 Å². The summed E-state index contributed by atoms with van der Waals surface area (Å²) in [4.78, 5) is 11.8. The minimum atomic E-state index is -0.415. The van der Waals surface area contributed by atoms with Crippen molar-refractivity contribution in [3.05, 3.63) is 35.9 Å². The number of nitrogens with two attached hydrogens (primary N) is 1. The Bertz CT molecular complexity index is 526. The maximum Gasteiger partial charge on any atom is 0.338 e. The molecular formula is C21H33NO3. The third-order valence-corrected chi connectivity index (χ3v) is 4.16. The van der Waals surface area contributed by atoms with E-state index < -0.39 is 5.97 Å². The largest absolute Gasteiger partial charge is 0.506 e. The fraction of sp³-hybridized carbons (Fsp3) is 0.571. The molecule has 140 valence electrons. The lowest BCUT2D eigenvalue weighted by molar-refractivity contribution is 0.0497. The Balaban J connectivity index is 1.98. The van der Waals surface area contributed by atoms with Crippen LogP contribution in [0, 0.1) is 0 Å². The number of carbonyl (C=O) groups excluding carboxylic acids is 1. The number of ether oxygens (including phenoxy) is 1. The number of carbonyl (C=O) groups is 1. The van der Waals surface area contributed by atoms with Crippen molar-refractivity contribution in [1.82, 2.24) is 0 Å². The van der Waals surface area contributed by atoms with Crippen LogP contribution in [0.25, 0.3) is 0 Å². The van der Waals surface area contributed by atoms with Crippen molar-refractivity contribution in [1.29, 1.82) is 0 Å². The minimum Gasteiger partial charge on any atom is -0.506 e. The van der Waals surface area contributed by atoms with Gasteiger partial charge < -0.3 is 15.6 Å². The Morgan fingerprint density at radius 1 is 1.04 bits per heavy atom. The first-order valence-electron chi connectivity index (χ1n) is 9.55. The van der Waals surface area contributed by atoms with Crippen LogP contribution in [0.3, 0.4) is 0 Å². The molecule has 0 aliphatic carbocycles. The zero-order valence-corrected chi connectivity index (χ0v) is 15.5. The molecule has 0 saturated carbocycles. The SMILES string of the molecule is CCCCCC/C=C/CCCCCCOC(=O)c1ccc(N)c(O)c1. The molecule has 0 atom stereocenters. The molecule has 1 rings (SSSR count). The lowest BCUT2D eigenvalue weighted by atomic mass is 10.1. The van der Waals surface area contributed by atoms with E-state index in [9.17, 15) is 9.90 Å². The number of phenols is 1. The van der Waals surface area contributed by atoms with Crippen LogP contribution in [-0.4, -0.2) is 17.7 Å². The number of anilines is 1. The zero-order chi connectivity index (χ0) is 18.3. The van der Waals surface area contributed by atoms with Gasteiger partial charge in [0.2, 0.25) is 0 Å². The van der Waals surface area contributed by atoms with Gasteiger partial charge in [-0.3, -0.25) is 0 Å². The first-order chi connectivity index (χ1) is 12.1. The standard InChI is InChI=1S/C21H33NO3/c1-2-3-4-5-6-7-8-9-10-11-12-13-16-25-21(24)18-14-15-19(22)20(23)17-18/h7-8,14-15,17,23H,2-6,9-13,16,22H2,1H3/b8-7+. The normalized spacial score (nSPS) is 11.1. The second kappa shape index (κ2) is 13.3. The van der Waals surface area contributed by atoms with E-state index in [4.69, 9.17) is 10.5 Å². The van der Waals surface area contributed by atoms with E-state index in [1.807, 2.05) is 0 Å². The smallest absolute Gasteiger partial charge is 0.338 e. The molecule has 0 unspecified atom stereocenters. The molecule has 0 saturated heterocycles. The van der Waals surface area contributed by atoms with Crippen LogP contribution in [0.2, 0.25) is 0 Å². The second-order valence-corrected chi connectivity index (χ2v) is 6.43. The topological polar surface area (TPSA) is 72.5 Å². The third-order valence-electron chi connectivity index (χ3n) is 4.16. The van der Waals surface area contributed by atoms with E-state index >= 15 is 0 Å². The fourth-order valence-electron chi connectivity index (χ4n) is 2.56. The molecule has 0 bridgehead atoms. The monoisotopic (exact) mass is 347 g/mol. The van der Waals surface area contributed by atoms with E-state index in [1.54, 1.807) is 6.07 Å². The fourth-order valence-corrected chi connectivity index (χ4v) is 2.56. The van der Waals surface area contributed by atoms with Gasteiger partial charge in [0.05, 0.1) is 17.9 Å². The lowest BCUT2D eigenvalue weighted by Crippen LogP contribution is -2.06. The molecule has 0 spiro atoms. The number of nitrogen functional groups attached to an aromatic ring is 1. The van der Waals surface area contributed by atoms with E-state index in [0.29, 0.717) is 12.2 Å². The highest BCUT2D eigenvalue weighted by molar-refractivity contribution is 5.90. The van der Waals surface area contributed by atoms with Gasteiger partial charge in [0.1, 0.15) is 5.75 Å². The van der Waals surface area contributed by atoms with Crippen molar-refractivity contribution >= 4 is 11.7 Å². The molecule has 0 aliphatic rings. The maximum absolute atomic E-state index is 11.8. The first kappa shape index (κ1) is 21.1. The molecular weight excluding hydrogens is 314 g/mol. The summed E-state index contributed by atoms with van der Waals surface area (Å²) in [5.41, 5.74) is 6.09. The Morgan fingerprint density at radius 2 is 1.68 bits per heavy atom. The summed E-state index contributed by atoms with van der Waals surface area (Å²) in [6.07, 6.45) is 16.5. The molecule has 0 heterocycles. The van der Waals surface area contributed by atoms with E-state index in [-0.39, 0.29) is 11.4 Å². The molecule has 4 nitrogen and oxygen atoms in total. The van der Waals surface area contributed by atoms with Crippen molar-refractivity contribution in [2.75, 3.05) is 12.3 Å². The van der Waals surface area contributed by atoms with Gasteiger partial charge in [-0.05, 0) is 50.3 Å². The Hall–Kier alpha value is -1.97. The van der Waals surface area contributed by atoms with Crippen molar-refractivity contribution in [2.45, 2.75) is 71.1 Å². The average molecular weight is 347 g/mol. The van der Waals surface area contributed by atoms with Crippen LogP contribution in [0.15, 0.2) is 30.4 Å². The van der Waals surface area contributed by atoms with Crippen LogP contribution in [0.1, 0.15) is 81.5 Å². The van der Waals surface area contributed by atoms with E-state index in [2.05, 4.69) is 19.1 Å². The number of phenolic OH excluding ortho intramolecular Hbond substituents is 1. The number of benzene rings is 1. The van der Waals surface area contributed by atoms with Gasteiger partial charge in [-0.1, -0.05) is 51.2 Å². The molecule has 0 aliphatic heterocycles. The third kappa shape index (κ3) is 9.80. The molecule has 0 fully saturated rings. The Labute approximate surface area is 152 Å². The number of rotatable bonds is 13. The highest BCUT2D eigenvalue weighted by atomic mass is 16.5. The van der Waals surface area contributed by atoms with Crippen LogP contribution < -0.4 is 5.73 Å². The highest BCUT2D eigenvalue weighted by Gasteiger charge is 2.09. The van der Waals surface area contributed by atoms with E-state index in [1.165, 1.54) is 50.7 Å². The summed E-state index contributed by atoms with van der Waals surface area (Å²) < 4.78 is 5.21. The van der Waals surface area contributed by atoms with Gasteiger partial charge >= 0.3 is 5.97 Å². The van der Waals surface area contributed by atoms with Gasteiger partial charge in [-0.2, -0.15) is 0 Å². The molecule has 0 aromatic heterocycles. The van der Waals surface area contributed by atoms with Crippen LogP contribution in [0.5, 0.6) is 5.75 Å². The summed E-state index contributed by atoms with van der Waals surface area (Å²) >= 11 is 0. The van der Waals surface area contributed by atoms with Gasteiger partial charge in [0.15, 0.2) is 0 Å². The summed E-state index contributed by atoms with van der Waals surface area (Å²) in [7, 11) is 0. The molecule has 1 aromatic carbocycles. The van der Waals surface area contributed by atoms with Crippen molar-refractivity contribution < 1.29 is 14.6 Å². The van der Waals surface area contributed by atoms with Crippen LogP contribution in [0.4, 0.5) is 5.69 Å². The quantitative estimate of drug-likeness (QED) is 0.160. The maximum atomic E-state index is 11.8. The number of esters is 1. The van der Waals surface area contributed by atoms with Gasteiger partial charge in [0.25, 0.3) is 0 Å². The lowest BCUT2D eigenvalue weighted by Gasteiger charge is -2.06. The number of hydrogen-bond acceptors (Lipinski definition) is 4. The van der Waals surface area contributed by atoms with Gasteiger partial charge in [-0.25, -0.2) is 4.79 Å². The molecule has 0 amide bonds. The Kier molecular flexibility index (Phi) is 11.2. The summed E-state index contributed by atoms with van der Waals surface area (Å²) in [5, 5.41) is 9.49. The van der Waals surface area contributed by atoms with Gasteiger partial charge in [0, 0.05) is 0 Å².